The van der Waals surface area contributed by atoms with Gasteiger partial charge in [0.2, 0.25) is 0 Å². The summed E-state index contributed by atoms with van der Waals surface area (Å²) in [5.41, 5.74) is 4.18. The third kappa shape index (κ3) is 9.27. The zero-order valence-corrected chi connectivity index (χ0v) is 25.0. The van der Waals surface area contributed by atoms with Gasteiger partial charge in [-0.2, -0.15) is 0 Å². The van der Waals surface area contributed by atoms with E-state index in [0.717, 1.165) is 81.2 Å². The molecular formula is C36H43NO7. The summed E-state index contributed by atoms with van der Waals surface area (Å²) in [6.07, 6.45) is 6.60. The van der Waals surface area contributed by atoms with Crippen LogP contribution < -0.4 is 5.32 Å². The first-order chi connectivity index (χ1) is 21.4. The predicted octanol–water partition coefficient (Wildman–Crippen LogP) is 6.33. The molecule has 6 N–H and O–H groups in total. The van der Waals surface area contributed by atoms with Crippen molar-refractivity contribution in [1.29, 1.82) is 0 Å². The van der Waals surface area contributed by atoms with Crippen LogP contribution >= 0.6 is 0 Å². The van der Waals surface area contributed by atoms with E-state index in [1.807, 2.05) is 18.2 Å². The number of rotatable bonds is 18. The molecular weight excluding hydrogens is 558 g/mol. The van der Waals surface area contributed by atoms with Crippen molar-refractivity contribution < 1.29 is 35.1 Å². The number of carboxylic acid groups (broad SMARTS) is 1. The van der Waals surface area contributed by atoms with Gasteiger partial charge in [0.05, 0.1) is 12.7 Å². The molecule has 0 spiro atoms. The Morgan fingerprint density at radius 2 is 1.50 bits per heavy atom. The molecule has 0 heterocycles. The van der Waals surface area contributed by atoms with Crippen molar-refractivity contribution >= 4 is 16.7 Å². The number of unbranched alkanes of at least 4 members (excludes halogenated alkanes) is 4. The van der Waals surface area contributed by atoms with Gasteiger partial charge in [-0.1, -0.05) is 61.4 Å². The second-order valence-corrected chi connectivity index (χ2v) is 11.1. The number of aliphatic hydroxyl groups is 2. The fourth-order valence-corrected chi connectivity index (χ4v) is 5.26. The number of phenols is 2. The molecule has 0 aliphatic rings. The molecule has 8 nitrogen and oxygen atoms in total. The van der Waals surface area contributed by atoms with Gasteiger partial charge in [-0.15, -0.1) is 0 Å². The maximum atomic E-state index is 11.4. The smallest absolute Gasteiger partial charge is 0.339 e. The van der Waals surface area contributed by atoms with E-state index in [-0.39, 0.29) is 23.7 Å². The molecule has 1 unspecified atom stereocenters. The number of aliphatic hydroxyl groups excluding tert-OH is 2. The van der Waals surface area contributed by atoms with Crippen molar-refractivity contribution in [2.75, 3.05) is 26.3 Å². The Balaban J connectivity index is 1.04. The van der Waals surface area contributed by atoms with Gasteiger partial charge in [0, 0.05) is 30.7 Å². The van der Waals surface area contributed by atoms with E-state index in [2.05, 4.69) is 29.6 Å². The molecule has 234 valence electrons. The molecule has 0 aromatic heterocycles. The van der Waals surface area contributed by atoms with E-state index in [1.165, 1.54) is 17.7 Å². The van der Waals surface area contributed by atoms with Crippen molar-refractivity contribution in [3.63, 3.8) is 0 Å². The fraction of sp³-hybridized carbons (Fsp3) is 0.361. The Labute approximate surface area is 258 Å². The second-order valence-electron chi connectivity index (χ2n) is 11.1. The van der Waals surface area contributed by atoms with Gasteiger partial charge in [0.25, 0.3) is 0 Å². The molecule has 0 radical (unpaired) electrons. The standard InChI is InChI=1S/C36H43NO7/c38-24-30-21-29(15-17-33(30)39)34(40)23-37-18-4-1-2-5-19-44-20-6-3-7-25-8-10-26(11-9-25)28-13-12-27-14-16-31(36(42)43)35(41)32(27)22-28/h8-17,21-22,34,37-41H,1-7,18-20,23-24H2,(H,42,43). The summed E-state index contributed by atoms with van der Waals surface area (Å²) in [5.74, 6) is -1.32. The van der Waals surface area contributed by atoms with Gasteiger partial charge in [-0.3, -0.25) is 0 Å². The summed E-state index contributed by atoms with van der Waals surface area (Å²) in [6, 6.07) is 22.0. The highest BCUT2D eigenvalue weighted by molar-refractivity contribution is 6.01. The van der Waals surface area contributed by atoms with Crippen molar-refractivity contribution in [2.24, 2.45) is 0 Å². The lowest BCUT2D eigenvalue weighted by Gasteiger charge is -2.14. The van der Waals surface area contributed by atoms with Crippen LogP contribution in [0.3, 0.4) is 0 Å². The third-order valence-electron chi connectivity index (χ3n) is 7.90. The molecule has 1 atom stereocenters. The molecule has 4 aromatic carbocycles. The number of carboxylic acids is 1. The Morgan fingerprint density at radius 3 is 2.25 bits per heavy atom. The first kappa shape index (κ1) is 33.0. The molecule has 0 aliphatic heterocycles. The van der Waals surface area contributed by atoms with Crippen molar-refractivity contribution in [2.45, 2.75) is 57.7 Å². The normalized spacial score (nSPS) is 12.0. The van der Waals surface area contributed by atoms with Crippen molar-refractivity contribution in [3.05, 3.63) is 95.1 Å². The monoisotopic (exact) mass is 601 g/mol. The molecule has 8 heteroatoms. The van der Waals surface area contributed by atoms with Crippen LogP contribution in [0.4, 0.5) is 0 Å². The molecule has 44 heavy (non-hydrogen) atoms. The van der Waals surface area contributed by atoms with Gasteiger partial charge >= 0.3 is 5.97 Å². The average molecular weight is 602 g/mol. The fourth-order valence-electron chi connectivity index (χ4n) is 5.26. The minimum Gasteiger partial charge on any atom is -0.508 e. The lowest BCUT2D eigenvalue weighted by molar-refractivity contribution is 0.0694. The molecule has 0 bridgehead atoms. The van der Waals surface area contributed by atoms with Crippen LogP contribution in [0.1, 0.15) is 71.7 Å². The summed E-state index contributed by atoms with van der Waals surface area (Å²) in [5, 5.41) is 53.5. The summed E-state index contributed by atoms with van der Waals surface area (Å²) in [6.45, 7) is 2.51. The van der Waals surface area contributed by atoms with Crippen LogP contribution in [0.5, 0.6) is 11.5 Å². The van der Waals surface area contributed by atoms with E-state index in [4.69, 9.17) is 4.74 Å². The minimum atomic E-state index is -1.15. The molecule has 0 fully saturated rings. The molecule has 0 amide bonds. The molecule has 0 saturated heterocycles. The number of aryl methyl sites for hydroxylation is 1. The maximum absolute atomic E-state index is 11.4. The average Bonchev–Trinajstić information content (AvgIpc) is 3.03. The number of carbonyl (C=O) groups is 1. The number of fused-ring (bicyclic) bond motifs is 1. The Kier molecular flexibility index (Phi) is 12.6. The van der Waals surface area contributed by atoms with Crippen LogP contribution in [0.25, 0.3) is 21.9 Å². The van der Waals surface area contributed by atoms with E-state index in [9.17, 15) is 30.3 Å². The van der Waals surface area contributed by atoms with Gasteiger partial charge < -0.3 is 35.6 Å². The number of benzene rings is 4. The molecule has 0 aliphatic carbocycles. The van der Waals surface area contributed by atoms with Gasteiger partial charge in [-0.05, 0) is 90.6 Å². The number of nitrogens with one attached hydrogen (secondary N) is 1. The van der Waals surface area contributed by atoms with Crippen LogP contribution in [0.15, 0.2) is 72.8 Å². The Hall–Kier alpha value is -3.95. The number of aromatic hydroxyl groups is 2. The quantitative estimate of drug-likeness (QED) is 0.0727. The zero-order valence-electron chi connectivity index (χ0n) is 25.0. The lowest BCUT2D eigenvalue weighted by atomic mass is 9.97. The van der Waals surface area contributed by atoms with E-state index < -0.39 is 12.1 Å². The van der Waals surface area contributed by atoms with Gasteiger partial charge in [0.1, 0.15) is 17.1 Å². The lowest BCUT2D eigenvalue weighted by Crippen LogP contribution is -2.22. The van der Waals surface area contributed by atoms with E-state index in [1.54, 1.807) is 18.2 Å². The topological polar surface area (TPSA) is 139 Å². The number of hydrogen-bond acceptors (Lipinski definition) is 7. The number of ether oxygens (including phenoxy) is 1. The van der Waals surface area contributed by atoms with Crippen LogP contribution in [-0.2, 0) is 17.8 Å². The first-order valence-electron chi connectivity index (χ1n) is 15.3. The first-order valence-corrected chi connectivity index (χ1v) is 15.3. The highest BCUT2D eigenvalue weighted by Crippen LogP contribution is 2.33. The molecule has 4 rings (SSSR count). The third-order valence-corrected chi connectivity index (χ3v) is 7.90. The molecule has 4 aromatic rings. The summed E-state index contributed by atoms with van der Waals surface area (Å²) < 4.78 is 5.81. The SMILES string of the molecule is O=C(O)c1ccc2ccc(-c3ccc(CCCCOCCCCCCNCC(O)c4ccc(O)c(CO)c4)cc3)cc2c1O. The number of aromatic carboxylic acids is 1. The summed E-state index contributed by atoms with van der Waals surface area (Å²) in [7, 11) is 0. The second kappa shape index (κ2) is 16.8. The highest BCUT2D eigenvalue weighted by atomic mass is 16.5. The number of hydrogen-bond donors (Lipinski definition) is 6. The van der Waals surface area contributed by atoms with Crippen molar-refractivity contribution in [1.82, 2.24) is 5.32 Å². The Bertz CT molecular complexity index is 1500. The van der Waals surface area contributed by atoms with Gasteiger partial charge in [0.15, 0.2) is 0 Å². The predicted molar refractivity (Wildman–Crippen MR) is 172 cm³/mol. The van der Waals surface area contributed by atoms with Crippen molar-refractivity contribution in [3.8, 4) is 22.6 Å². The Morgan fingerprint density at radius 1 is 0.795 bits per heavy atom. The minimum absolute atomic E-state index is 0.0340. The van der Waals surface area contributed by atoms with Crippen LogP contribution in [0, 0.1) is 0 Å². The highest BCUT2D eigenvalue weighted by Gasteiger charge is 2.13. The largest absolute Gasteiger partial charge is 0.508 e. The van der Waals surface area contributed by atoms with Gasteiger partial charge in [-0.25, -0.2) is 4.79 Å². The van der Waals surface area contributed by atoms with E-state index >= 15 is 0 Å². The summed E-state index contributed by atoms with van der Waals surface area (Å²) >= 11 is 0. The van der Waals surface area contributed by atoms with Crippen LogP contribution in [0.2, 0.25) is 0 Å². The van der Waals surface area contributed by atoms with Crippen LogP contribution in [-0.4, -0.2) is 57.8 Å². The molecule has 0 saturated carbocycles. The summed E-state index contributed by atoms with van der Waals surface area (Å²) in [4.78, 5) is 11.4. The van der Waals surface area contributed by atoms with E-state index in [0.29, 0.717) is 23.1 Å². The zero-order chi connectivity index (χ0) is 31.3. The maximum Gasteiger partial charge on any atom is 0.339 e.